The van der Waals surface area contributed by atoms with Crippen LogP contribution in [0.3, 0.4) is 0 Å². The highest BCUT2D eigenvalue weighted by molar-refractivity contribution is 7.93. The summed E-state index contributed by atoms with van der Waals surface area (Å²) < 4.78 is 39.1. The Bertz CT molecular complexity index is 1330. The molecule has 0 heterocycles. The molecule has 11 nitrogen and oxygen atoms in total. The van der Waals surface area contributed by atoms with Crippen LogP contribution in [0.5, 0.6) is 17.2 Å². The Hall–Kier alpha value is -4.32. The largest absolute Gasteiger partial charge is 0.507 e. The first kappa shape index (κ1) is 24.3. The van der Waals surface area contributed by atoms with Gasteiger partial charge in [-0.15, -0.1) is 0 Å². The number of nitrogens with zero attached hydrogens (tertiary/aromatic N) is 2. The molecule has 12 heteroatoms. The third-order valence-electron chi connectivity index (χ3n) is 4.52. The van der Waals surface area contributed by atoms with Crippen LogP contribution in [0, 0.1) is 10.1 Å². The van der Waals surface area contributed by atoms with Crippen LogP contribution >= 0.6 is 0 Å². The normalized spacial score (nSPS) is 11.2. The van der Waals surface area contributed by atoms with Crippen LogP contribution in [-0.4, -0.2) is 38.4 Å². The lowest BCUT2D eigenvalue weighted by Crippen LogP contribution is -2.15. The van der Waals surface area contributed by atoms with Gasteiger partial charge in [0.1, 0.15) is 22.1 Å². The van der Waals surface area contributed by atoms with Gasteiger partial charge in [0.2, 0.25) is 0 Å². The number of nitro benzene ring substituents is 1. The fourth-order valence-corrected chi connectivity index (χ4v) is 4.18. The summed E-state index contributed by atoms with van der Waals surface area (Å²) >= 11 is 0. The van der Waals surface area contributed by atoms with E-state index in [1.54, 1.807) is 30.3 Å². The maximum Gasteiger partial charge on any atom is 0.270 e. The van der Waals surface area contributed by atoms with E-state index >= 15 is 0 Å². The number of nitrogens with one attached hydrogen (secondary N) is 2. The van der Waals surface area contributed by atoms with Gasteiger partial charge in [-0.25, -0.2) is 8.42 Å². The van der Waals surface area contributed by atoms with E-state index in [1.807, 2.05) is 6.92 Å². The number of sulfonamides is 1. The number of ether oxygens (including phenoxy) is 2. The molecule has 0 radical (unpaired) electrons. The highest BCUT2D eigenvalue weighted by Crippen LogP contribution is 2.31. The van der Waals surface area contributed by atoms with Gasteiger partial charge < -0.3 is 14.6 Å². The number of hydrogen-bond acceptors (Lipinski definition) is 9. The van der Waals surface area contributed by atoms with Crippen molar-refractivity contribution in [1.29, 1.82) is 0 Å². The number of hydrogen-bond donors (Lipinski definition) is 3. The molecule has 3 N–H and O–H groups in total. The third kappa shape index (κ3) is 5.72. The van der Waals surface area contributed by atoms with E-state index in [1.165, 1.54) is 31.5 Å². The first-order chi connectivity index (χ1) is 16.2. The van der Waals surface area contributed by atoms with Crippen molar-refractivity contribution in [2.75, 3.05) is 23.9 Å². The van der Waals surface area contributed by atoms with Gasteiger partial charge in [0.25, 0.3) is 15.7 Å². The minimum Gasteiger partial charge on any atom is -0.507 e. The van der Waals surface area contributed by atoms with Crippen molar-refractivity contribution in [2.24, 2.45) is 5.10 Å². The topological polar surface area (TPSA) is 152 Å². The second-order valence-corrected chi connectivity index (χ2v) is 8.42. The zero-order chi connectivity index (χ0) is 24.7. The van der Waals surface area contributed by atoms with E-state index in [2.05, 4.69) is 15.2 Å². The molecule has 0 aromatic heterocycles. The zero-order valence-corrected chi connectivity index (χ0v) is 19.1. The minimum atomic E-state index is -4.28. The van der Waals surface area contributed by atoms with Crippen LogP contribution in [0.1, 0.15) is 12.5 Å². The Morgan fingerprint density at radius 3 is 2.56 bits per heavy atom. The van der Waals surface area contributed by atoms with Crippen molar-refractivity contribution in [3.8, 4) is 17.2 Å². The Labute approximate surface area is 195 Å². The van der Waals surface area contributed by atoms with Crippen molar-refractivity contribution < 1.29 is 27.9 Å². The Morgan fingerprint density at radius 2 is 1.88 bits per heavy atom. The standard InChI is InChI=1S/C22H22N4O7S/c1-3-33-17-10-8-15(20(27)13-17)14-23-24-19-11-9-16(26(28)29)12-22(19)34(30,31)25-18-6-4-5-7-21(18)32-2/h4-14,24-25,27H,3H2,1-2H3/b23-14+. The van der Waals surface area contributed by atoms with Gasteiger partial charge >= 0.3 is 0 Å². The maximum atomic E-state index is 13.1. The van der Waals surface area contributed by atoms with Gasteiger partial charge in [-0.05, 0) is 37.3 Å². The number of benzene rings is 3. The molecule has 0 saturated carbocycles. The van der Waals surface area contributed by atoms with E-state index in [0.717, 1.165) is 12.1 Å². The molecule has 0 spiro atoms. The lowest BCUT2D eigenvalue weighted by molar-refractivity contribution is -0.385. The second kappa shape index (κ2) is 10.5. The average Bonchev–Trinajstić information content (AvgIpc) is 2.80. The van der Waals surface area contributed by atoms with Crippen LogP contribution in [0.15, 0.2) is 70.7 Å². The zero-order valence-electron chi connectivity index (χ0n) is 18.3. The van der Waals surface area contributed by atoms with Gasteiger partial charge in [0.05, 0.1) is 36.2 Å². The quantitative estimate of drug-likeness (QED) is 0.221. The lowest BCUT2D eigenvalue weighted by atomic mass is 10.2. The number of nitro groups is 1. The fraction of sp³-hybridized carbons (Fsp3) is 0.136. The van der Waals surface area contributed by atoms with Gasteiger partial charge in [-0.1, -0.05) is 12.1 Å². The van der Waals surface area contributed by atoms with E-state index in [9.17, 15) is 23.6 Å². The Kier molecular flexibility index (Phi) is 7.53. The molecule has 0 aliphatic rings. The molecular formula is C22H22N4O7S. The number of aromatic hydroxyl groups is 1. The molecule has 0 atom stereocenters. The molecule has 0 amide bonds. The van der Waals surface area contributed by atoms with E-state index in [-0.39, 0.29) is 22.9 Å². The van der Waals surface area contributed by atoms with Crippen LogP contribution < -0.4 is 19.6 Å². The Balaban J connectivity index is 1.93. The number of rotatable bonds is 10. The number of phenols is 1. The molecule has 0 fully saturated rings. The molecule has 0 aliphatic carbocycles. The first-order valence-corrected chi connectivity index (χ1v) is 11.4. The third-order valence-corrected chi connectivity index (χ3v) is 5.92. The molecule has 0 saturated heterocycles. The average molecular weight is 487 g/mol. The number of methoxy groups -OCH3 is 1. The SMILES string of the molecule is CCOc1ccc(/C=N/Nc2ccc([N+](=O)[O-])cc2S(=O)(=O)Nc2ccccc2OC)c(O)c1. The molecule has 3 rings (SSSR count). The van der Waals surface area contributed by atoms with Crippen LogP contribution in [-0.2, 0) is 10.0 Å². The van der Waals surface area contributed by atoms with Crippen molar-refractivity contribution in [3.63, 3.8) is 0 Å². The smallest absolute Gasteiger partial charge is 0.270 e. The summed E-state index contributed by atoms with van der Waals surface area (Å²) in [5.74, 6) is 0.664. The predicted octanol–water partition coefficient (Wildman–Crippen LogP) is 3.95. The van der Waals surface area contributed by atoms with Crippen molar-refractivity contribution in [1.82, 2.24) is 0 Å². The van der Waals surface area contributed by atoms with Gasteiger partial charge in [0, 0.05) is 23.8 Å². The van der Waals surface area contributed by atoms with Crippen LogP contribution in [0.2, 0.25) is 0 Å². The number of non-ortho nitro benzene ring substituents is 1. The molecule has 0 unspecified atom stereocenters. The number of para-hydroxylation sites is 2. The monoisotopic (exact) mass is 486 g/mol. The lowest BCUT2D eigenvalue weighted by Gasteiger charge is -2.14. The molecule has 0 aliphatic heterocycles. The summed E-state index contributed by atoms with van der Waals surface area (Å²) in [6.45, 7) is 2.25. The van der Waals surface area contributed by atoms with E-state index in [4.69, 9.17) is 9.47 Å². The maximum absolute atomic E-state index is 13.1. The summed E-state index contributed by atoms with van der Waals surface area (Å²) in [4.78, 5) is 10.1. The summed E-state index contributed by atoms with van der Waals surface area (Å²) in [7, 11) is -2.90. The predicted molar refractivity (Wildman–Crippen MR) is 127 cm³/mol. The van der Waals surface area contributed by atoms with Gasteiger partial charge in [-0.3, -0.25) is 20.3 Å². The molecule has 0 bridgehead atoms. The van der Waals surface area contributed by atoms with Crippen molar-refractivity contribution >= 4 is 33.3 Å². The summed E-state index contributed by atoms with van der Waals surface area (Å²) in [5, 5.41) is 25.3. The minimum absolute atomic E-state index is 0.0188. The molecule has 3 aromatic carbocycles. The molecule has 178 valence electrons. The highest BCUT2D eigenvalue weighted by atomic mass is 32.2. The summed E-state index contributed by atoms with van der Waals surface area (Å²) in [6, 6.07) is 14.3. The Morgan fingerprint density at radius 1 is 1.12 bits per heavy atom. The van der Waals surface area contributed by atoms with Crippen molar-refractivity contribution in [2.45, 2.75) is 11.8 Å². The van der Waals surface area contributed by atoms with Gasteiger partial charge in [-0.2, -0.15) is 5.10 Å². The van der Waals surface area contributed by atoms with E-state index < -0.39 is 25.5 Å². The number of phenolic OH excluding ortho intramolecular Hbond substituents is 1. The first-order valence-electron chi connectivity index (χ1n) is 9.94. The highest BCUT2D eigenvalue weighted by Gasteiger charge is 2.23. The van der Waals surface area contributed by atoms with Crippen LogP contribution in [0.4, 0.5) is 17.1 Å². The number of anilines is 2. The van der Waals surface area contributed by atoms with Gasteiger partial charge in [0.15, 0.2) is 0 Å². The van der Waals surface area contributed by atoms with Crippen LogP contribution in [0.25, 0.3) is 0 Å². The molecule has 34 heavy (non-hydrogen) atoms. The summed E-state index contributed by atoms with van der Waals surface area (Å²) in [6.07, 6.45) is 1.27. The van der Waals surface area contributed by atoms with Crippen molar-refractivity contribution in [3.05, 3.63) is 76.3 Å². The molecular weight excluding hydrogens is 464 g/mol. The fourth-order valence-electron chi connectivity index (χ4n) is 2.93. The summed E-state index contributed by atoms with van der Waals surface area (Å²) in [5.41, 5.74) is 2.63. The van der Waals surface area contributed by atoms with E-state index in [0.29, 0.717) is 17.9 Å². The second-order valence-electron chi connectivity index (χ2n) is 6.77. The molecule has 3 aromatic rings. The number of hydrazone groups is 1.